The molecule has 3 aromatic carbocycles. The summed E-state index contributed by atoms with van der Waals surface area (Å²) in [7, 11) is 0. The van der Waals surface area contributed by atoms with Crippen molar-refractivity contribution in [3.63, 3.8) is 0 Å². The molecule has 8 nitrogen and oxygen atoms in total. The van der Waals surface area contributed by atoms with Crippen LogP contribution in [-0.4, -0.2) is 60.4 Å². The Bertz CT molecular complexity index is 1590. The summed E-state index contributed by atoms with van der Waals surface area (Å²) in [5, 5.41) is 9.67. The fourth-order valence-electron chi connectivity index (χ4n) is 7.69. The van der Waals surface area contributed by atoms with Gasteiger partial charge in [0, 0.05) is 37.3 Å². The smallest absolute Gasteiger partial charge is 0.245 e. The lowest BCUT2D eigenvalue weighted by Gasteiger charge is -2.41. The predicted octanol–water partition coefficient (Wildman–Crippen LogP) is 5.85. The Morgan fingerprint density at radius 3 is 2.22 bits per heavy atom. The summed E-state index contributed by atoms with van der Waals surface area (Å²) in [6.45, 7) is 12.0. The number of likely N-dealkylation sites (tertiary alicyclic amines) is 1. The number of fused-ring (bicyclic) bond motifs is 2. The molecule has 1 fully saturated rings. The number of piperidine rings is 1. The van der Waals surface area contributed by atoms with Crippen molar-refractivity contribution >= 4 is 35.8 Å². The first-order valence-electron chi connectivity index (χ1n) is 17.5. The molecule has 2 atom stereocenters. The molecule has 1 saturated heterocycles. The standard InChI is InChI=1S/C40H53N5O3.ClH/c1-27-24-28(2)35(29(3)25-27)42-20-21-43-36(46)32-26-40(33-16-10-9-15-31(32)33)18-22-45(23-19-40)37(47)34(44-38(48)39(4,5)41)17-11-14-30-12-7-6-8-13-30;/h6-10,12-13,15-16,24-25,32,34,42H,11,14,17-23,26,41H2,1-5H3,(H,43,46)(H,44,48);1H/t32-,34-;/m1./s1. The van der Waals surface area contributed by atoms with Crippen molar-refractivity contribution in [3.05, 3.63) is 100 Å². The van der Waals surface area contributed by atoms with Crippen molar-refractivity contribution in [2.24, 2.45) is 5.73 Å². The van der Waals surface area contributed by atoms with E-state index in [0.717, 1.165) is 43.4 Å². The van der Waals surface area contributed by atoms with Gasteiger partial charge in [0.05, 0.1) is 11.5 Å². The van der Waals surface area contributed by atoms with Gasteiger partial charge in [-0.15, -0.1) is 12.4 Å². The highest BCUT2D eigenvalue weighted by Crippen LogP contribution is 2.51. The molecule has 49 heavy (non-hydrogen) atoms. The van der Waals surface area contributed by atoms with Crippen LogP contribution in [0.2, 0.25) is 0 Å². The highest BCUT2D eigenvalue weighted by Gasteiger charge is 2.48. The van der Waals surface area contributed by atoms with Crippen LogP contribution < -0.4 is 21.7 Å². The summed E-state index contributed by atoms with van der Waals surface area (Å²) in [4.78, 5) is 42.3. The molecule has 1 heterocycles. The van der Waals surface area contributed by atoms with Crippen LogP contribution in [0, 0.1) is 20.8 Å². The number of nitrogens with zero attached hydrogens (tertiary/aromatic N) is 1. The average molecular weight is 688 g/mol. The van der Waals surface area contributed by atoms with Gasteiger partial charge in [0.1, 0.15) is 6.04 Å². The third kappa shape index (κ3) is 9.03. The summed E-state index contributed by atoms with van der Waals surface area (Å²) in [5.41, 5.74) is 13.2. The zero-order chi connectivity index (χ0) is 34.5. The van der Waals surface area contributed by atoms with E-state index in [1.807, 2.05) is 29.2 Å². The van der Waals surface area contributed by atoms with Crippen molar-refractivity contribution < 1.29 is 14.4 Å². The lowest BCUT2D eigenvalue weighted by atomic mass is 9.73. The second-order valence-corrected chi connectivity index (χ2v) is 14.6. The van der Waals surface area contributed by atoms with E-state index in [2.05, 4.69) is 79.2 Å². The largest absolute Gasteiger partial charge is 0.383 e. The Morgan fingerprint density at radius 2 is 1.57 bits per heavy atom. The predicted molar refractivity (Wildman–Crippen MR) is 200 cm³/mol. The molecule has 2 aliphatic rings. The number of hydrogen-bond donors (Lipinski definition) is 4. The first-order chi connectivity index (χ1) is 22.9. The van der Waals surface area contributed by atoms with Gasteiger partial charge in [-0.05, 0) is 101 Å². The summed E-state index contributed by atoms with van der Waals surface area (Å²) in [5.74, 6) is -0.541. The van der Waals surface area contributed by atoms with Gasteiger partial charge in [-0.1, -0.05) is 72.3 Å². The molecular weight excluding hydrogens is 634 g/mol. The van der Waals surface area contributed by atoms with Gasteiger partial charge in [0.2, 0.25) is 17.7 Å². The van der Waals surface area contributed by atoms with Crippen LogP contribution in [0.15, 0.2) is 66.7 Å². The topological polar surface area (TPSA) is 117 Å². The first kappa shape index (κ1) is 37.9. The van der Waals surface area contributed by atoms with E-state index >= 15 is 0 Å². The molecule has 5 N–H and O–H groups in total. The second-order valence-electron chi connectivity index (χ2n) is 14.6. The molecule has 1 spiro atoms. The maximum absolute atomic E-state index is 13.9. The molecule has 264 valence electrons. The van der Waals surface area contributed by atoms with Crippen molar-refractivity contribution in [1.29, 1.82) is 0 Å². The van der Waals surface area contributed by atoms with Gasteiger partial charge in [0.15, 0.2) is 0 Å². The molecule has 1 aliphatic carbocycles. The number of rotatable bonds is 12. The van der Waals surface area contributed by atoms with E-state index in [-0.39, 0.29) is 41.5 Å². The van der Waals surface area contributed by atoms with Crippen LogP contribution in [0.1, 0.15) is 85.3 Å². The Morgan fingerprint density at radius 1 is 0.939 bits per heavy atom. The molecule has 0 radical (unpaired) electrons. The van der Waals surface area contributed by atoms with E-state index in [1.54, 1.807) is 13.8 Å². The number of benzene rings is 3. The van der Waals surface area contributed by atoms with Crippen LogP contribution in [0.25, 0.3) is 0 Å². The molecule has 3 aromatic rings. The number of aryl methyl sites for hydroxylation is 4. The van der Waals surface area contributed by atoms with Gasteiger partial charge in [-0.2, -0.15) is 0 Å². The molecule has 0 saturated carbocycles. The number of amides is 3. The second kappa shape index (κ2) is 16.2. The zero-order valence-corrected chi connectivity index (χ0v) is 30.6. The van der Waals surface area contributed by atoms with Crippen LogP contribution >= 0.6 is 12.4 Å². The van der Waals surface area contributed by atoms with Gasteiger partial charge in [-0.3, -0.25) is 14.4 Å². The Hall–Kier alpha value is -3.88. The maximum atomic E-state index is 13.9. The van der Waals surface area contributed by atoms with E-state index in [0.29, 0.717) is 32.6 Å². The van der Waals surface area contributed by atoms with Gasteiger partial charge < -0.3 is 26.6 Å². The molecule has 9 heteroatoms. The van der Waals surface area contributed by atoms with Crippen molar-refractivity contribution in [3.8, 4) is 0 Å². The minimum Gasteiger partial charge on any atom is -0.383 e. The number of carbonyl (C=O) groups excluding carboxylic acids is 3. The SMILES string of the molecule is Cc1cc(C)c(NCCNC(=O)[C@@H]2CC3(CCN(C(=O)[C@@H](CCCc4ccccc4)NC(=O)C(C)(C)N)CC3)c3ccccc32)c(C)c1.Cl. The number of hydrogen-bond acceptors (Lipinski definition) is 5. The average Bonchev–Trinajstić information content (AvgIpc) is 3.37. The van der Waals surface area contributed by atoms with Crippen LogP contribution in [0.3, 0.4) is 0 Å². The minimum absolute atomic E-state index is 0. The number of halogens is 1. The van der Waals surface area contributed by atoms with Crippen molar-refractivity contribution in [1.82, 2.24) is 15.5 Å². The fourth-order valence-corrected chi connectivity index (χ4v) is 7.69. The molecule has 0 unspecified atom stereocenters. The minimum atomic E-state index is -1.08. The lowest BCUT2D eigenvalue weighted by molar-refractivity contribution is -0.139. The molecular formula is C40H54ClN5O3. The van der Waals surface area contributed by atoms with Gasteiger partial charge in [0.25, 0.3) is 0 Å². The number of carbonyl (C=O) groups is 3. The molecule has 0 bridgehead atoms. The third-order valence-electron chi connectivity index (χ3n) is 10.2. The molecule has 3 amide bonds. The Labute approximate surface area is 298 Å². The number of nitrogens with two attached hydrogens (primary N) is 1. The Kier molecular flexibility index (Phi) is 12.6. The van der Waals surface area contributed by atoms with Gasteiger partial charge >= 0.3 is 0 Å². The highest BCUT2D eigenvalue weighted by atomic mass is 35.5. The summed E-state index contributed by atoms with van der Waals surface area (Å²) in [6.07, 6.45) is 4.44. The fraction of sp³-hybridized carbons (Fsp3) is 0.475. The monoisotopic (exact) mass is 687 g/mol. The van der Waals surface area contributed by atoms with Gasteiger partial charge in [-0.25, -0.2) is 0 Å². The van der Waals surface area contributed by atoms with E-state index in [1.165, 1.54) is 27.8 Å². The maximum Gasteiger partial charge on any atom is 0.245 e. The molecule has 5 rings (SSSR count). The summed E-state index contributed by atoms with van der Waals surface area (Å²) >= 11 is 0. The Balaban J connectivity index is 0.00000541. The van der Waals surface area contributed by atoms with Crippen molar-refractivity contribution in [2.75, 3.05) is 31.5 Å². The van der Waals surface area contributed by atoms with Crippen LogP contribution in [0.4, 0.5) is 5.69 Å². The van der Waals surface area contributed by atoms with E-state index < -0.39 is 11.6 Å². The molecule has 0 aromatic heterocycles. The highest BCUT2D eigenvalue weighted by molar-refractivity contribution is 5.91. The lowest BCUT2D eigenvalue weighted by Crippen LogP contribution is -2.57. The quantitative estimate of drug-likeness (QED) is 0.178. The van der Waals surface area contributed by atoms with Crippen molar-refractivity contribution in [2.45, 2.75) is 96.1 Å². The van der Waals surface area contributed by atoms with E-state index in [9.17, 15) is 14.4 Å². The third-order valence-corrected chi connectivity index (χ3v) is 10.2. The normalized spacial score (nSPS) is 17.1. The number of nitrogens with one attached hydrogen (secondary N) is 3. The zero-order valence-electron chi connectivity index (χ0n) is 29.7. The van der Waals surface area contributed by atoms with Crippen LogP contribution in [-0.2, 0) is 26.2 Å². The number of anilines is 1. The first-order valence-corrected chi connectivity index (χ1v) is 17.5. The van der Waals surface area contributed by atoms with Crippen LogP contribution in [0.5, 0.6) is 0 Å². The van der Waals surface area contributed by atoms with E-state index in [4.69, 9.17) is 5.73 Å². The molecule has 1 aliphatic heterocycles. The summed E-state index contributed by atoms with van der Waals surface area (Å²) < 4.78 is 0. The summed E-state index contributed by atoms with van der Waals surface area (Å²) in [6, 6.07) is 22.2.